The van der Waals surface area contributed by atoms with Crippen molar-refractivity contribution in [1.29, 1.82) is 0 Å². The van der Waals surface area contributed by atoms with Crippen LogP contribution in [0, 0.1) is 0 Å². The summed E-state index contributed by atoms with van der Waals surface area (Å²) in [6.07, 6.45) is 0.773. The predicted molar refractivity (Wildman–Crippen MR) is 86.3 cm³/mol. The highest BCUT2D eigenvalue weighted by Crippen LogP contribution is 2.33. The molecule has 0 saturated carbocycles. The highest BCUT2D eigenvalue weighted by Gasteiger charge is 2.18. The molecule has 0 spiro atoms. The summed E-state index contributed by atoms with van der Waals surface area (Å²) in [5.41, 5.74) is 1.80. The predicted octanol–water partition coefficient (Wildman–Crippen LogP) is 3.66. The number of aldehydes is 1. The SMILES string of the molecule is CCOC(=S)N(c1ccc(C=O)cc1)c1ccccc1O. The summed E-state index contributed by atoms with van der Waals surface area (Å²) < 4.78 is 5.40. The summed E-state index contributed by atoms with van der Waals surface area (Å²) in [5, 5.41) is 10.3. The fourth-order valence-corrected chi connectivity index (χ4v) is 2.21. The van der Waals surface area contributed by atoms with Crippen molar-refractivity contribution >= 4 is 35.1 Å². The van der Waals surface area contributed by atoms with Gasteiger partial charge in [-0.15, -0.1) is 0 Å². The molecule has 0 aromatic heterocycles. The van der Waals surface area contributed by atoms with Gasteiger partial charge in [-0.3, -0.25) is 9.69 Å². The molecule has 0 bridgehead atoms. The van der Waals surface area contributed by atoms with Gasteiger partial charge >= 0.3 is 0 Å². The topological polar surface area (TPSA) is 49.8 Å². The molecule has 0 aliphatic rings. The van der Waals surface area contributed by atoms with Crippen molar-refractivity contribution < 1.29 is 14.6 Å². The minimum absolute atomic E-state index is 0.0963. The standard InChI is InChI=1S/C16H15NO3S/c1-2-20-16(21)17(14-5-3-4-6-15(14)19)13-9-7-12(11-18)8-10-13/h3-11,19H,2H2,1H3. The van der Waals surface area contributed by atoms with Gasteiger partial charge in [0.25, 0.3) is 5.17 Å². The summed E-state index contributed by atoms with van der Waals surface area (Å²) in [6.45, 7) is 2.26. The number of ether oxygens (including phenoxy) is 1. The average Bonchev–Trinajstić information content (AvgIpc) is 2.50. The van der Waals surface area contributed by atoms with E-state index in [0.29, 0.717) is 23.5 Å². The normalized spacial score (nSPS) is 9.95. The van der Waals surface area contributed by atoms with Gasteiger partial charge in [0.2, 0.25) is 0 Å². The maximum absolute atomic E-state index is 10.7. The van der Waals surface area contributed by atoms with Crippen molar-refractivity contribution in [2.24, 2.45) is 0 Å². The lowest BCUT2D eigenvalue weighted by Gasteiger charge is -2.25. The first-order valence-electron chi connectivity index (χ1n) is 6.47. The molecule has 21 heavy (non-hydrogen) atoms. The second-order valence-electron chi connectivity index (χ2n) is 4.23. The number of phenolic OH excluding ortho intramolecular Hbond substituents is 1. The third kappa shape index (κ3) is 3.38. The van der Waals surface area contributed by atoms with Gasteiger partial charge in [0.1, 0.15) is 12.0 Å². The molecule has 0 atom stereocenters. The van der Waals surface area contributed by atoms with Gasteiger partial charge in [0, 0.05) is 5.56 Å². The zero-order valence-electron chi connectivity index (χ0n) is 11.5. The van der Waals surface area contributed by atoms with E-state index in [1.165, 1.54) is 0 Å². The van der Waals surface area contributed by atoms with Crippen LogP contribution in [-0.4, -0.2) is 23.2 Å². The van der Waals surface area contributed by atoms with Gasteiger partial charge in [0.15, 0.2) is 0 Å². The Balaban J connectivity index is 2.47. The van der Waals surface area contributed by atoms with Crippen molar-refractivity contribution in [3.8, 4) is 5.75 Å². The van der Waals surface area contributed by atoms with E-state index in [-0.39, 0.29) is 10.9 Å². The maximum Gasteiger partial charge on any atom is 0.268 e. The fourth-order valence-electron chi connectivity index (χ4n) is 1.89. The zero-order valence-corrected chi connectivity index (χ0v) is 12.3. The lowest BCUT2D eigenvalue weighted by Crippen LogP contribution is -2.26. The van der Waals surface area contributed by atoms with Crippen LogP contribution in [0.3, 0.4) is 0 Å². The summed E-state index contributed by atoms with van der Waals surface area (Å²) in [6, 6.07) is 13.7. The van der Waals surface area contributed by atoms with E-state index >= 15 is 0 Å². The third-order valence-corrected chi connectivity index (χ3v) is 3.16. The highest BCUT2D eigenvalue weighted by atomic mass is 32.1. The monoisotopic (exact) mass is 301 g/mol. The summed E-state index contributed by atoms with van der Waals surface area (Å²) in [4.78, 5) is 12.4. The number of anilines is 2. The van der Waals surface area contributed by atoms with Crippen molar-refractivity contribution in [2.75, 3.05) is 11.5 Å². The lowest BCUT2D eigenvalue weighted by atomic mass is 10.2. The Morgan fingerprint density at radius 1 is 1.24 bits per heavy atom. The molecule has 0 aliphatic carbocycles. The van der Waals surface area contributed by atoms with E-state index < -0.39 is 0 Å². The molecule has 2 rings (SSSR count). The Hall–Kier alpha value is -2.40. The van der Waals surface area contributed by atoms with Crippen LogP contribution in [0.5, 0.6) is 5.75 Å². The molecule has 1 N–H and O–H groups in total. The number of aromatic hydroxyl groups is 1. The molecule has 0 aliphatic heterocycles. The number of hydrogen-bond donors (Lipinski definition) is 1. The van der Waals surface area contributed by atoms with E-state index in [4.69, 9.17) is 17.0 Å². The van der Waals surface area contributed by atoms with Crippen molar-refractivity contribution in [3.63, 3.8) is 0 Å². The average molecular weight is 301 g/mol. The molecular weight excluding hydrogens is 286 g/mol. The van der Waals surface area contributed by atoms with Crippen molar-refractivity contribution in [2.45, 2.75) is 6.92 Å². The van der Waals surface area contributed by atoms with Crippen LogP contribution in [0.2, 0.25) is 0 Å². The highest BCUT2D eigenvalue weighted by molar-refractivity contribution is 7.80. The molecule has 5 heteroatoms. The van der Waals surface area contributed by atoms with Crippen molar-refractivity contribution in [1.82, 2.24) is 0 Å². The van der Waals surface area contributed by atoms with Crippen LogP contribution < -0.4 is 4.90 Å². The van der Waals surface area contributed by atoms with Crippen LogP contribution in [0.15, 0.2) is 48.5 Å². The molecule has 2 aromatic carbocycles. The van der Waals surface area contributed by atoms with E-state index in [9.17, 15) is 9.90 Å². The van der Waals surface area contributed by atoms with Crippen molar-refractivity contribution in [3.05, 3.63) is 54.1 Å². The van der Waals surface area contributed by atoms with Crippen LogP contribution >= 0.6 is 12.2 Å². The molecular formula is C16H15NO3S. The molecule has 0 unspecified atom stereocenters. The molecule has 0 heterocycles. The van der Waals surface area contributed by atoms with Crippen LogP contribution in [0.1, 0.15) is 17.3 Å². The van der Waals surface area contributed by atoms with E-state index in [1.54, 1.807) is 53.4 Å². The third-order valence-electron chi connectivity index (χ3n) is 2.86. The van der Waals surface area contributed by atoms with Gasteiger partial charge in [-0.1, -0.05) is 12.1 Å². The number of carbonyl (C=O) groups is 1. The van der Waals surface area contributed by atoms with Gasteiger partial charge in [0.05, 0.1) is 18.0 Å². The van der Waals surface area contributed by atoms with Gasteiger partial charge < -0.3 is 9.84 Å². The second kappa shape index (κ2) is 6.85. The Morgan fingerprint density at radius 3 is 2.48 bits per heavy atom. The Kier molecular flexibility index (Phi) is 4.90. The molecule has 2 aromatic rings. The first-order valence-corrected chi connectivity index (χ1v) is 6.88. The van der Waals surface area contributed by atoms with Crippen LogP contribution in [-0.2, 0) is 4.74 Å². The van der Waals surface area contributed by atoms with Gasteiger partial charge in [-0.05, 0) is 55.5 Å². The minimum Gasteiger partial charge on any atom is -0.506 e. The number of para-hydroxylation sites is 2. The van der Waals surface area contributed by atoms with Gasteiger partial charge in [-0.2, -0.15) is 0 Å². The Morgan fingerprint density at radius 2 is 1.90 bits per heavy atom. The number of rotatable bonds is 4. The van der Waals surface area contributed by atoms with E-state index in [2.05, 4.69) is 0 Å². The maximum atomic E-state index is 10.7. The number of phenols is 1. The number of thiocarbonyl (C=S) groups is 1. The smallest absolute Gasteiger partial charge is 0.268 e. The first-order chi connectivity index (χ1) is 10.2. The van der Waals surface area contributed by atoms with Crippen LogP contribution in [0.25, 0.3) is 0 Å². The number of benzene rings is 2. The van der Waals surface area contributed by atoms with Gasteiger partial charge in [-0.25, -0.2) is 0 Å². The molecule has 0 radical (unpaired) electrons. The molecule has 0 saturated heterocycles. The zero-order chi connectivity index (χ0) is 15.2. The molecule has 108 valence electrons. The van der Waals surface area contributed by atoms with Crippen LogP contribution in [0.4, 0.5) is 11.4 Å². The fraction of sp³-hybridized carbons (Fsp3) is 0.125. The molecule has 4 nitrogen and oxygen atoms in total. The summed E-state index contributed by atoms with van der Waals surface area (Å²) in [7, 11) is 0. The quantitative estimate of drug-likeness (QED) is 0.690. The Bertz CT molecular complexity index is 640. The Labute approximate surface area is 128 Å². The molecule has 0 amide bonds. The van der Waals surface area contributed by atoms with E-state index in [1.807, 2.05) is 6.92 Å². The number of carbonyl (C=O) groups excluding carboxylic acids is 1. The first kappa shape index (κ1) is 15.0. The second-order valence-corrected chi connectivity index (χ2v) is 4.58. The number of nitrogens with zero attached hydrogens (tertiary/aromatic N) is 1. The number of hydrogen-bond acceptors (Lipinski definition) is 4. The minimum atomic E-state index is 0.0963. The lowest BCUT2D eigenvalue weighted by molar-refractivity contribution is 0.112. The summed E-state index contributed by atoms with van der Waals surface area (Å²) in [5.74, 6) is 0.0963. The molecule has 0 fully saturated rings. The largest absolute Gasteiger partial charge is 0.506 e. The van der Waals surface area contributed by atoms with E-state index in [0.717, 1.165) is 6.29 Å². The summed E-state index contributed by atoms with van der Waals surface area (Å²) >= 11 is 5.28.